The maximum atomic E-state index is 13.2. The van der Waals surface area contributed by atoms with Gasteiger partial charge in [-0.3, -0.25) is 9.78 Å². The topological polar surface area (TPSA) is 39.2 Å². The number of Topliss-reactive ketones (excluding diaryl/α,β-unsaturated/α-hetero) is 1. The summed E-state index contributed by atoms with van der Waals surface area (Å²) in [6, 6.07) is 7.57. The fraction of sp³-hybridized carbons (Fsp3) is 0.143. The zero-order valence-electron chi connectivity index (χ0n) is 10.3. The summed E-state index contributed by atoms with van der Waals surface area (Å²) < 4.78 is 18.3. The van der Waals surface area contributed by atoms with Gasteiger partial charge in [-0.05, 0) is 30.3 Å². The number of ketones is 1. The van der Waals surface area contributed by atoms with Gasteiger partial charge in [-0.15, -0.1) is 11.8 Å². The number of thioether (sulfide) groups is 1. The molecule has 0 spiro atoms. The molecule has 1 aromatic heterocycles. The zero-order chi connectivity index (χ0) is 13.7. The van der Waals surface area contributed by atoms with Crippen molar-refractivity contribution >= 4 is 17.5 Å². The molecule has 98 valence electrons. The Morgan fingerprint density at radius 2 is 2.05 bits per heavy atom. The largest absolute Gasteiger partial charge is 0.496 e. The number of nitrogens with zero attached hydrogens (tertiary/aromatic N) is 1. The van der Waals surface area contributed by atoms with Crippen LogP contribution >= 0.6 is 11.8 Å². The Hall–Kier alpha value is -1.88. The molecule has 19 heavy (non-hydrogen) atoms. The molecule has 3 nitrogen and oxygen atoms in total. The van der Waals surface area contributed by atoms with Crippen LogP contribution in [-0.4, -0.2) is 23.6 Å². The van der Waals surface area contributed by atoms with Crippen LogP contribution in [0.5, 0.6) is 5.75 Å². The molecule has 0 aliphatic heterocycles. The van der Waals surface area contributed by atoms with Gasteiger partial charge in [0, 0.05) is 17.3 Å². The van der Waals surface area contributed by atoms with Crippen molar-refractivity contribution < 1.29 is 13.9 Å². The molecular weight excluding hydrogens is 265 g/mol. The standard InChI is InChI=1S/C14H12FNO2S/c1-18-14-3-2-10(15)8-12(14)13(17)9-19-11-4-6-16-7-5-11/h2-8H,9H2,1H3. The summed E-state index contributed by atoms with van der Waals surface area (Å²) >= 11 is 1.38. The van der Waals surface area contributed by atoms with Gasteiger partial charge in [0.1, 0.15) is 11.6 Å². The molecular formula is C14H12FNO2S. The molecule has 0 radical (unpaired) electrons. The van der Waals surface area contributed by atoms with Crippen molar-refractivity contribution in [1.82, 2.24) is 4.98 Å². The molecule has 0 aliphatic carbocycles. The molecule has 2 rings (SSSR count). The number of hydrogen-bond donors (Lipinski definition) is 0. The van der Waals surface area contributed by atoms with E-state index in [1.807, 2.05) is 12.1 Å². The molecule has 0 aliphatic rings. The molecule has 0 bridgehead atoms. The molecule has 0 saturated carbocycles. The average molecular weight is 277 g/mol. The lowest BCUT2D eigenvalue weighted by Crippen LogP contribution is -2.05. The number of carbonyl (C=O) groups is 1. The van der Waals surface area contributed by atoms with Crippen molar-refractivity contribution in [2.75, 3.05) is 12.9 Å². The van der Waals surface area contributed by atoms with Crippen LogP contribution < -0.4 is 4.74 Å². The van der Waals surface area contributed by atoms with E-state index in [1.54, 1.807) is 12.4 Å². The van der Waals surface area contributed by atoms with E-state index in [-0.39, 0.29) is 17.1 Å². The number of ether oxygens (including phenoxy) is 1. The maximum absolute atomic E-state index is 13.2. The van der Waals surface area contributed by atoms with Crippen LogP contribution in [-0.2, 0) is 0 Å². The monoisotopic (exact) mass is 277 g/mol. The number of rotatable bonds is 5. The fourth-order valence-corrected chi connectivity index (χ4v) is 2.33. The number of benzene rings is 1. The van der Waals surface area contributed by atoms with Gasteiger partial charge in [0.2, 0.25) is 0 Å². The lowest BCUT2D eigenvalue weighted by atomic mass is 10.1. The predicted molar refractivity (Wildman–Crippen MR) is 72.2 cm³/mol. The smallest absolute Gasteiger partial charge is 0.176 e. The summed E-state index contributed by atoms with van der Waals surface area (Å²) in [5.41, 5.74) is 0.268. The molecule has 2 aromatic rings. The van der Waals surface area contributed by atoms with Gasteiger partial charge in [0.25, 0.3) is 0 Å². The Balaban J connectivity index is 2.10. The molecule has 1 aromatic carbocycles. The van der Waals surface area contributed by atoms with E-state index in [0.29, 0.717) is 5.75 Å². The summed E-state index contributed by atoms with van der Waals surface area (Å²) in [5, 5.41) is 0. The summed E-state index contributed by atoms with van der Waals surface area (Å²) in [5.74, 6) is 0.00190. The quantitative estimate of drug-likeness (QED) is 0.621. The molecule has 5 heteroatoms. The third kappa shape index (κ3) is 3.54. The number of hydrogen-bond acceptors (Lipinski definition) is 4. The van der Waals surface area contributed by atoms with Gasteiger partial charge in [-0.2, -0.15) is 0 Å². The van der Waals surface area contributed by atoms with Crippen molar-refractivity contribution in [2.45, 2.75) is 4.90 Å². The highest BCUT2D eigenvalue weighted by Crippen LogP contribution is 2.23. The van der Waals surface area contributed by atoms with E-state index in [9.17, 15) is 9.18 Å². The van der Waals surface area contributed by atoms with Gasteiger partial charge < -0.3 is 4.74 Å². The SMILES string of the molecule is COc1ccc(F)cc1C(=O)CSc1ccncc1. The van der Waals surface area contributed by atoms with Crippen LogP contribution in [0, 0.1) is 5.82 Å². The maximum Gasteiger partial charge on any atom is 0.176 e. The minimum Gasteiger partial charge on any atom is -0.496 e. The summed E-state index contributed by atoms with van der Waals surface area (Å²) in [4.78, 5) is 16.9. The highest BCUT2D eigenvalue weighted by Gasteiger charge is 2.13. The van der Waals surface area contributed by atoms with Crippen molar-refractivity contribution in [2.24, 2.45) is 0 Å². The summed E-state index contributed by atoms with van der Waals surface area (Å²) in [6.45, 7) is 0. The number of aromatic nitrogens is 1. The van der Waals surface area contributed by atoms with Crippen LogP contribution in [0.15, 0.2) is 47.6 Å². The Morgan fingerprint density at radius 1 is 1.32 bits per heavy atom. The van der Waals surface area contributed by atoms with E-state index < -0.39 is 5.82 Å². The van der Waals surface area contributed by atoms with Crippen molar-refractivity contribution in [3.8, 4) is 5.75 Å². The number of carbonyl (C=O) groups excluding carboxylic acids is 1. The van der Waals surface area contributed by atoms with E-state index in [0.717, 1.165) is 4.90 Å². The predicted octanol–water partition coefficient (Wildman–Crippen LogP) is 3.20. The van der Waals surface area contributed by atoms with Gasteiger partial charge >= 0.3 is 0 Å². The van der Waals surface area contributed by atoms with Gasteiger partial charge in [0.15, 0.2) is 5.78 Å². The van der Waals surface area contributed by atoms with Crippen LogP contribution in [0.1, 0.15) is 10.4 Å². The van der Waals surface area contributed by atoms with Crippen LogP contribution in [0.3, 0.4) is 0 Å². The fourth-order valence-electron chi connectivity index (χ4n) is 1.56. The van der Waals surface area contributed by atoms with E-state index >= 15 is 0 Å². The van der Waals surface area contributed by atoms with E-state index in [1.165, 1.54) is 37.1 Å². The minimum atomic E-state index is -0.446. The number of pyridine rings is 1. The van der Waals surface area contributed by atoms with E-state index in [2.05, 4.69) is 4.98 Å². The second kappa shape index (κ2) is 6.33. The summed E-state index contributed by atoms with van der Waals surface area (Å²) in [6.07, 6.45) is 3.32. The lowest BCUT2D eigenvalue weighted by molar-refractivity contribution is 0.101. The first-order valence-corrected chi connectivity index (χ1v) is 6.59. The molecule has 0 unspecified atom stereocenters. The number of halogens is 1. The first kappa shape index (κ1) is 13.5. The molecule has 0 amide bonds. The normalized spacial score (nSPS) is 10.2. The average Bonchev–Trinajstić information content (AvgIpc) is 2.46. The minimum absolute atomic E-state index is 0.168. The molecule has 0 N–H and O–H groups in total. The molecule has 0 fully saturated rings. The second-order valence-corrected chi connectivity index (χ2v) is 4.79. The molecule has 0 saturated heterocycles. The highest BCUT2D eigenvalue weighted by atomic mass is 32.2. The molecule has 1 heterocycles. The van der Waals surface area contributed by atoms with Crippen molar-refractivity contribution in [1.29, 1.82) is 0 Å². The third-order valence-electron chi connectivity index (χ3n) is 2.48. The lowest BCUT2D eigenvalue weighted by Gasteiger charge is -2.07. The van der Waals surface area contributed by atoms with Gasteiger partial charge in [-0.1, -0.05) is 0 Å². The summed E-state index contributed by atoms with van der Waals surface area (Å²) in [7, 11) is 1.46. The Bertz CT molecular complexity index is 575. The van der Waals surface area contributed by atoms with Crippen LogP contribution in [0.4, 0.5) is 4.39 Å². The van der Waals surface area contributed by atoms with Crippen LogP contribution in [0.2, 0.25) is 0 Å². The number of methoxy groups -OCH3 is 1. The highest BCUT2D eigenvalue weighted by molar-refractivity contribution is 8.00. The first-order valence-electron chi connectivity index (χ1n) is 5.60. The van der Waals surface area contributed by atoms with Crippen LogP contribution in [0.25, 0.3) is 0 Å². The third-order valence-corrected chi connectivity index (χ3v) is 3.49. The Morgan fingerprint density at radius 3 is 2.74 bits per heavy atom. The first-order chi connectivity index (χ1) is 9.20. The Kier molecular flexibility index (Phi) is 4.52. The van der Waals surface area contributed by atoms with Gasteiger partial charge in [-0.25, -0.2) is 4.39 Å². The van der Waals surface area contributed by atoms with Crippen molar-refractivity contribution in [3.63, 3.8) is 0 Å². The van der Waals surface area contributed by atoms with Crippen molar-refractivity contribution in [3.05, 3.63) is 54.1 Å². The molecule has 0 atom stereocenters. The Labute approximate surface area is 114 Å². The second-order valence-electron chi connectivity index (χ2n) is 3.74. The van der Waals surface area contributed by atoms with Gasteiger partial charge in [0.05, 0.1) is 18.4 Å². The van der Waals surface area contributed by atoms with E-state index in [4.69, 9.17) is 4.74 Å². The zero-order valence-corrected chi connectivity index (χ0v) is 11.1.